The van der Waals surface area contributed by atoms with Gasteiger partial charge in [0.05, 0.1) is 12.1 Å². The lowest BCUT2D eigenvalue weighted by molar-refractivity contribution is -0.116. The summed E-state index contributed by atoms with van der Waals surface area (Å²) >= 11 is 5.92. The van der Waals surface area contributed by atoms with E-state index >= 15 is 0 Å². The Balaban J connectivity index is 1.76. The number of urea groups is 1. The molecule has 5 heteroatoms. The summed E-state index contributed by atoms with van der Waals surface area (Å²) in [6.45, 7) is 0. The molecule has 1 aliphatic heterocycles. The van der Waals surface area contributed by atoms with Crippen molar-refractivity contribution in [1.29, 1.82) is 0 Å². The normalized spacial score (nSPS) is 19.1. The Labute approximate surface area is 123 Å². The summed E-state index contributed by atoms with van der Waals surface area (Å²) in [7, 11) is 0. The molecule has 1 saturated carbocycles. The number of benzene rings is 1. The first-order valence-electron chi connectivity index (χ1n) is 7.07. The van der Waals surface area contributed by atoms with Crippen LogP contribution in [0.5, 0.6) is 0 Å². The smallest absolute Gasteiger partial charge is 0.328 e. The van der Waals surface area contributed by atoms with E-state index in [0.29, 0.717) is 10.7 Å². The lowest BCUT2D eigenvalue weighted by Crippen LogP contribution is -2.46. The number of rotatable bonds is 1. The minimum atomic E-state index is -0.303. The molecule has 0 radical (unpaired) electrons. The van der Waals surface area contributed by atoms with Crippen molar-refractivity contribution >= 4 is 29.2 Å². The Bertz CT molecular complexity index is 553. The number of amides is 3. The molecule has 0 atom stereocenters. The zero-order valence-corrected chi connectivity index (χ0v) is 11.9. The van der Waals surface area contributed by atoms with Crippen LogP contribution < -0.4 is 10.2 Å². The SMILES string of the molecule is O=C1Cc2cc(Cl)ccc2N1C(=O)NC1CCCCC1. The molecule has 0 saturated heterocycles. The van der Waals surface area contributed by atoms with E-state index in [4.69, 9.17) is 11.6 Å². The van der Waals surface area contributed by atoms with Gasteiger partial charge in [-0.2, -0.15) is 0 Å². The van der Waals surface area contributed by atoms with Crippen LogP contribution in [0.3, 0.4) is 0 Å². The third-order valence-electron chi connectivity index (χ3n) is 4.01. The number of nitrogens with zero attached hydrogens (tertiary/aromatic N) is 1. The second-order valence-corrected chi connectivity index (χ2v) is 5.90. The van der Waals surface area contributed by atoms with E-state index in [2.05, 4.69) is 5.32 Å². The van der Waals surface area contributed by atoms with E-state index in [9.17, 15) is 9.59 Å². The van der Waals surface area contributed by atoms with Gasteiger partial charge in [-0.3, -0.25) is 4.79 Å². The van der Waals surface area contributed by atoms with Crippen LogP contribution in [0.1, 0.15) is 37.7 Å². The van der Waals surface area contributed by atoms with Crippen molar-refractivity contribution < 1.29 is 9.59 Å². The molecule has 1 N–H and O–H groups in total. The maximum atomic E-state index is 12.3. The largest absolute Gasteiger partial charge is 0.335 e. The van der Waals surface area contributed by atoms with E-state index in [1.807, 2.05) is 0 Å². The number of carbonyl (C=O) groups is 2. The minimum Gasteiger partial charge on any atom is -0.335 e. The molecule has 1 aromatic rings. The second kappa shape index (κ2) is 5.44. The summed E-state index contributed by atoms with van der Waals surface area (Å²) in [6, 6.07) is 5.09. The number of imide groups is 1. The molecule has 0 bridgehead atoms. The van der Waals surface area contributed by atoms with Crippen molar-refractivity contribution in [2.45, 2.75) is 44.6 Å². The first kappa shape index (κ1) is 13.4. The van der Waals surface area contributed by atoms with Crippen LogP contribution in [0.15, 0.2) is 18.2 Å². The maximum Gasteiger partial charge on any atom is 0.328 e. The van der Waals surface area contributed by atoms with Crippen molar-refractivity contribution in [3.05, 3.63) is 28.8 Å². The molecule has 1 aromatic carbocycles. The van der Waals surface area contributed by atoms with Gasteiger partial charge >= 0.3 is 6.03 Å². The molecular weight excluding hydrogens is 276 g/mol. The van der Waals surface area contributed by atoms with Gasteiger partial charge in [-0.15, -0.1) is 0 Å². The van der Waals surface area contributed by atoms with Gasteiger partial charge in [-0.25, -0.2) is 9.69 Å². The predicted molar refractivity (Wildman–Crippen MR) is 78.0 cm³/mol. The van der Waals surface area contributed by atoms with Crippen LogP contribution in [0, 0.1) is 0 Å². The molecule has 2 aliphatic rings. The number of halogens is 1. The van der Waals surface area contributed by atoms with Crippen LogP contribution in [0.4, 0.5) is 10.5 Å². The zero-order chi connectivity index (χ0) is 14.1. The summed E-state index contributed by atoms with van der Waals surface area (Å²) in [5, 5.41) is 3.57. The Morgan fingerprint density at radius 1 is 1.25 bits per heavy atom. The molecule has 20 heavy (non-hydrogen) atoms. The third kappa shape index (κ3) is 2.52. The molecule has 0 spiro atoms. The average Bonchev–Trinajstić information content (AvgIpc) is 2.74. The van der Waals surface area contributed by atoms with Crippen LogP contribution in [0.25, 0.3) is 0 Å². The molecule has 0 unspecified atom stereocenters. The first-order chi connectivity index (χ1) is 9.65. The lowest BCUT2D eigenvalue weighted by atomic mass is 9.96. The summed E-state index contributed by atoms with van der Waals surface area (Å²) in [5.74, 6) is -0.185. The minimum absolute atomic E-state index is 0.185. The second-order valence-electron chi connectivity index (χ2n) is 5.46. The fourth-order valence-corrected chi connectivity index (χ4v) is 3.19. The van der Waals surface area contributed by atoms with Crippen LogP contribution in [0.2, 0.25) is 5.02 Å². The molecule has 0 aromatic heterocycles. The molecule has 1 aliphatic carbocycles. The van der Waals surface area contributed by atoms with Gasteiger partial charge < -0.3 is 5.32 Å². The van der Waals surface area contributed by atoms with Gasteiger partial charge in [0.1, 0.15) is 0 Å². The third-order valence-corrected chi connectivity index (χ3v) is 4.24. The highest BCUT2D eigenvalue weighted by Crippen LogP contribution is 2.31. The van der Waals surface area contributed by atoms with Crippen LogP contribution >= 0.6 is 11.6 Å². The van der Waals surface area contributed by atoms with Crippen molar-refractivity contribution in [2.75, 3.05) is 4.90 Å². The van der Waals surface area contributed by atoms with Gasteiger partial charge in [-0.1, -0.05) is 30.9 Å². The van der Waals surface area contributed by atoms with Crippen molar-refractivity contribution in [1.82, 2.24) is 5.32 Å². The molecule has 1 fully saturated rings. The number of anilines is 1. The molecule has 3 rings (SSSR count). The fraction of sp³-hybridized carbons (Fsp3) is 0.467. The fourth-order valence-electron chi connectivity index (χ4n) is 3.00. The number of carbonyl (C=O) groups excluding carboxylic acids is 2. The predicted octanol–water partition coefficient (Wildman–Crippen LogP) is 3.27. The van der Waals surface area contributed by atoms with E-state index in [1.54, 1.807) is 18.2 Å². The Kier molecular flexibility index (Phi) is 3.66. The highest BCUT2D eigenvalue weighted by Gasteiger charge is 2.33. The standard InChI is InChI=1S/C15H17ClN2O2/c16-11-6-7-13-10(8-11)9-14(19)18(13)15(20)17-12-4-2-1-3-5-12/h6-8,12H,1-5,9H2,(H,17,20). The first-order valence-corrected chi connectivity index (χ1v) is 7.45. The average molecular weight is 293 g/mol. The number of fused-ring (bicyclic) bond motifs is 1. The van der Waals surface area contributed by atoms with Crippen molar-refractivity contribution in [2.24, 2.45) is 0 Å². The molecular formula is C15H17ClN2O2. The molecule has 3 amide bonds. The number of hydrogen-bond donors (Lipinski definition) is 1. The Morgan fingerprint density at radius 3 is 2.75 bits per heavy atom. The Hall–Kier alpha value is -1.55. The number of hydrogen-bond acceptors (Lipinski definition) is 2. The summed E-state index contributed by atoms with van der Waals surface area (Å²) in [5.41, 5.74) is 1.48. The summed E-state index contributed by atoms with van der Waals surface area (Å²) < 4.78 is 0. The lowest BCUT2D eigenvalue weighted by Gasteiger charge is -2.25. The van der Waals surface area contributed by atoms with E-state index in [-0.39, 0.29) is 24.4 Å². The van der Waals surface area contributed by atoms with Gasteiger partial charge in [-0.05, 0) is 36.6 Å². The van der Waals surface area contributed by atoms with Gasteiger partial charge in [0.25, 0.3) is 0 Å². The topological polar surface area (TPSA) is 49.4 Å². The Morgan fingerprint density at radius 2 is 2.00 bits per heavy atom. The van der Waals surface area contributed by atoms with Gasteiger partial charge in [0.2, 0.25) is 5.91 Å². The molecule has 1 heterocycles. The summed E-state index contributed by atoms with van der Waals surface area (Å²) in [6.07, 6.45) is 5.77. The summed E-state index contributed by atoms with van der Waals surface area (Å²) in [4.78, 5) is 25.6. The highest BCUT2D eigenvalue weighted by atomic mass is 35.5. The monoisotopic (exact) mass is 292 g/mol. The van der Waals surface area contributed by atoms with E-state index < -0.39 is 0 Å². The van der Waals surface area contributed by atoms with Gasteiger partial charge in [0.15, 0.2) is 0 Å². The number of nitrogens with one attached hydrogen (secondary N) is 1. The van der Waals surface area contributed by atoms with Crippen molar-refractivity contribution in [3.63, 3.8) is 0 Å². The van der Waals surface area contributed by atoms with Crippen LogP contribution in [-0.2, 0) is 11.2 Å². The molecule has 106 valence electrons. The van der Waals surface area contributed by atoms with E-state index in [1.165, 1.54) is 11.3 Å². The molecule has 4 nitrogen and oxygen atoms in total. The van der Waals surface area contributed by atoms with Crippen LogP contribution in [-0.4, -0.2) is 18.0 Å². The van der Waals surface area contributed by atoms with Gasteiger partial charge in [0, 0.05) is 11.1 Å². The quantitative estimate of drug-likeness (QED) is 0.863. The zero-order valence-electron chi connectivity index (χ0n) is 11.2. The van der Waals surface area contributed by atoms with Crippen molar-refractivity contribution in [3.8, 4) is 0 Å². The van der Waals surface area contributed by atoms with E-state index in [0.717, 1.165) is 31.2 Å². The maximum absolute atomic E-state index is 12.3. The highest BCUT2D eigenvalue weighted by molar-refractivity contribution is 6.31.